The van der Waals surface area contributed by atoms with Gasteiger partial charge in [0.1, 0.15) is 12.1 Å². The lowest BCUT2D eigenvalue weighted by Crippen LogP contribution is -2.19. The lowest BCUT2D eigenvalue weighted by molar-refractivity contribution is 0.901. The normalized spacial score (nSPS) is 10.9. The van der Waals surface area contributed by atoms with Crippen molar-refractivity contribution < 1.29 is 0 Å². The second kappa shape index (κ2) is 3.71. The van der Waals surface area contributed by atoms with Crippen LogP contribution in [0.5, 0.6) is 0 Å². The highest BCUT2D eigenvalue weighted by molar-refractivity contribution is 6.34. The summed E-state index contributed by atoms with van der Waals surface area (Å²) in [5.74, 6) is 0.573. The van der Waals surface area contributed by atoms with Crippen LogP contribution in [0.3, 0.4) is 0 Å². The van der Waals surface area contributed by atoms with Crippen molar-refractivity contribution in [1.82, 2.24) is 19.7 Å². The smallest absolute Gasteiger partial charge is 0.267 e. The Kier molecular flexibility index (Phi) is 2.19. The van der Waals surface area contributed by atoms with Gasteiger partial charge < -0.3 is 0 Å². The van der Waals surface area contributed by atoms with E-state index in [4.69, 9.17) is 11.6 Å². The molecule has 2 heterocycles. The molecule has 0 bridgehead atoms. The van der Waals surface area contributed by atoms with E-state index in [1.165, 1.54) is 10.9 Å². The Morgan fingerprint density at radius 1 is 1.29 bits per heavy atom. The maximum atomic E-state index is 12.2. The van der Waals surface area contributed by atoms with E-state index in [0.717, 1.165) is 0 Å². The van der Waals surface area contributed by atoms with Crippen LogP contribution in [0.4, 0.5) is 0 Å². The minimum Gasteiger partial charge on any atom is -0.268 e. The quantitative estimate of drug-likeness (QED) is 0.712. The van der Waals surface area contributed by atoms with Crippen LogP contribution < -0.4 is 5.56 Å². The largest absolute Gasteiger partial charge is 0.268 e. The van der Waals surface area contributed by atoms with Crippen LogP contribution in [-0.4, -0.2) is 19.7 Å². The Hall–Kier alpha value is -2.14. The number of H-pyrrole nitrogens is 1. The highest BCUT2D eigenvalue weighted by Crippen LogP contribution is 2.18. The van der Waals surface area contributed by atoms with Crippen LogP contribution in [0.15, 0.2) is 41.6 Å². The first-order valence-electron chi connectivity index (χ1n) is 4.93. The molecule has 84 valence electrons. The number of aromatic amines is 1. The van der Waals surface area contributed by atoms with Crippen molar-refractivity contribution in [2.45, 2.75) is 0 Å². The minimum absolute atomic E-state index is 0.179. The fourth-order valence-electron chi connectivity index (χ4n) is 1.67. The van der Waals surface area contributed by atoms with E-state index in [-0.39, 0.29) is 5.56 Å². The Labute approximate surface area is 101 Å². The van der Waals surface area contributed by atoms with Crippen LogP contribution in [0.2, 0.25) is 5.02 Å². The number of nitrogens with zero attached hydrogens (tertiary/aromatic N) is 3. The topological polar surface area (TPSA) is 63.6 Å². The molecule has 0 atom stereocenters. The molecule has 1 aromatic carbocycles. The first-order chi connectivity index (χ1) is 8.27. The molecular formula is C11H7ClN4O. The zero-order chi connectivity index (χ0) is 11.8. The van der Waals surface area contributed by atoms with Gasteiger partial charge >= 0.3 is 0 Å². The first-order valence-corrected chi connectivity index (χ1v) is 5.31. The van der Waals surface area contributed by atoms with Gasteiger partial charge in [0, 0.05) is 6.07 Å². The molecule has 0 spiro atoms. The summed E-state index contributed by atoms with van der Waals surface area (Å²) in [6.07, 6.45) is 3.01. The minimum atomic E-state index is -0.179. The van der Waals surface area contributed by atoms with Crippen molar-refractivity contribution in [3.63, 3.8) is 0 Å². The molecule has 1 N–H and O–H groups in total. The van der Waals surface area contributed by atoms with E-state index in [1.54, 1.807) is 30.5 Å². The molecule has 0 radical (unpaired) electrons. The number of fused-ring (bicyclic) bond motifs is 1. The average Bonchev–Trinajstić information content (AvgIpc) is 2.84. The Morgan fingerprint density at radius 2 is 2.18 bits per heavy atom. The van der Waals surface area contributed by atoms with E-state index >= 15 is 0 Å². The zero-order valence-electron chi connectivity index (χ0n) is 8.59. The Morgan fingerprint density at radius 3 is 2.94 bits per heavy atom. The molecule has 3 rings (SSSR count). The van der Waals surface area contributed by atoms with Gasteiger partial charge in [0.15, 0.2) is 0 Å². The molecule has 6 heteroatoms. The van der Waals surface area contributed by atoms with E-state index in [1.807, 2.05) is 0 Å². The summed E-state index contributed by atoms with van der Waals surface area (Å²) in [5.41, 5.74) is 0.330. The summed E-state index contributed by atoms with van der Waals surface area (Å²) in [5, 5.41) is 7.46. The van der Waals surface area contributed by atoms with Gasteiger partial charge in [0.25, 0.3) is 5.56 Å². The molecule has 0 saturated carbocycles. The van der Waals surface area contributed by atoms with Gasteiger partial charge in [0.2, 0.25) is 0 Å². The molecule has 2 aromatic heterocycles. The summed E-state index contributed by atoms with van der Waals surface area (Å²) < 4.78 is 1.39. The molecule has 0 unspecified atom stereocenters. The molecule has 5 nitrogen and oxygen atoms in total. The number of para-hydroxylation sites is 1. The van der Waals surface area contributed by atoms with Crippen LogP contribution >= 0.6 is 11.6 Å². The lowest BCUT2D eigenvalue weighted by Gasteiger charge is -2.04. The van der Waals surface area contributed by atoms with Crippen molar-refractivity contribution in [3.8, 4) is 5.82 Å². The standard InChI is InChI=1S/C11H7ClN4O/c12-8-3-1-2-7-10(8)13-6-16(11(7)17)9-4-5-14-15-9/h1-6H,(H,14,15). The predicted octanol–water partition coefficient (Wildman–Crippen LogP) is 1.76. The van der Waals surface area contributed by atoms with Crippen LogP contribution in [0.1, 0.15) is 0 Å². The highest BCUT2D eigenvalue weighted by atomic mass is 35.5. The van der Waals surface area contributed by atoms with Gasteiger partial charge in [-0.05, 0) is 12.1 Å². The van der Waals surface area contributed by atoms with Gasteiger partial charge in [-0.1, -0.05) is 17.7 Å². The van der Waals surface area contributed by atoms with Gasteiger partial charge in [0.05, 0.1) is 22.1 Å². The number of rotatable bonds is 1. The summed E-state index contributed by atoms with van der Waals surface area (Å²) >= 11 is 5.98. The fourth-order valence-corrected chi connectivity index (χ4v) is 1.89. The lowest BCUT2D eigenvalue weighted by atomic mass is 10.2. The number of nitrogens with one attached hydrogen (secondary N) is 1. The Balaban J connectivity index is 2.38. The van der Waals surface area contributed by atoms with Gasteiger partial charge in [-0.2, -0.15) is 5.10 Å². The van der Waals surface area contributed by atoms with Crippen molar-refractivity contribution in [3.05, 3.63) is 52.2 Å². The number of hydrogen-bond acceptors (Lipinski definition) is 3. The van der Waals surface area contributed by atoms with Crippen molar-refractivity contribution in [1.29, 1.82) is 0 Å². The molecule has 0 aliphatic rings. The van der Waals surface area contributed by atoms with Crippen LogP contribution in [0, 0.1) is 0 Å². The number of benzene rings is 1. The van der Waals surface area contributed by atoms with Crippen molar-refractivity contribution in [2.75, 3.05) is 0 Å². The van der Waals surface area contributed by atoms with Crippen LogP contribution in [-0.2, 0) is 0 Å². The molecule has 0 amide bonds. The predicted molar refractivity (Wildman–Crippen MR) is 64.5 cm³/mol. The number of aromatic nitrogens is 4. The molecular weight excluding hydrogens is 240 g/mol. The highest BCUT2D eigenvalue weighted by Gasteiger charge is 2.08. The van der Waals surface area contributed by atoms with Gasteiger partial charge in [-0.3, -0.25) is 14.5 Å². The van der Waals surface area contributed by atoms with Crippen molar-refractivity contribution >= 4 is 22.5 Å². The summed E-state index contributed by atoms with van der Waals surface area (Å²) in [6.45, 7) is 0. The molecule has 0 saturated heterocycles. The third-order valence-electron chi connectivity index (χ3n) is 2.48. The second-order valence-corrected chi connectivity index (χ2v) is 3.90. The molecule has 0 fully saturated rings. The van der Waals surface area contributed by atoms with E-state index in [0.29, 0.717) is 21.7 Å². The summed E-state index contributed by atoms with van der Waals surface area (Å²) in [7, 11) is 0. The third-order valence-corrected chi connectivity index (χ3v) is 2.79. The second-order valence-electron chi connectivity index (χ2n) is 3.50. The van der Waals surface area contributed by atoms with Gasteiger partial charge in [-0.15, -0.1) is 0 Å². The van der Waals surface area contributed by atoms with E-state index < -0.39 is 0 Å². The monoisotopic (exact) mass is 246 g/mol. The number of hydrogen-bond donors (Lipinski definition) is 1. The van der Waals surface area contributed by atoms with Gasteiger partial charge in [-0.25, -0.2) is 4.98 Å². The SMILES string of the molecule is O=c1c2cccc(Cl)c2ncn1-c1ccn[nH]1. The first kappa shape index (κ1) is 10.0. The molecule has 0 aliphatic heterocycles. The third kappa shape index (κ3) is 1.52. The average molecular weight is 247 g/mol. The number of halogens is 1. The molecule has 3 aromatic rings. The zero-order valence-corrected chi connectivity index (χ0v) is 9.35. The fraction of sp³-hybridized carbons (Fsp3) is 0. The van der Waals surface area contributed by atoms with E-state index in [9.17, 15) is 4.79 Å². The summed E-state index contributed by atoms with van der Waals surface area (Å²) in [4.78, 5) is 16.4. The molecule has 17 heavy (non-hydrogen) atoms. The van der Waals surface area contributed by atoms with Crippen molar-refractivity contribution in [2.24, 2.45) is 0 Å². The maximum absolute atomic E-state index is 12.2. The summed E-state index contributed by atoms with van der Waals surface area (Å²) in [6, 6.07) is 6.82. The van der Waals surface area contributed by atoms with E-state index in [2.05, 4.69) is 15.2 Å². The maximum Gasteiger partial charge on any atom is 0.267 e. The van der Waals surface area contributed by atoms with Crippen LogP contribution in [0.25, 0.3) is 16.7 Å². The Bertz CT molecular complexity index is 733. The molecule has 0 aliphatic carbocycles.